The summed E-state index contributed by atoms with van der Waals surface area (Å²) in [5.74, 6) is 0.478. The van der Waals surface area contributed by atoms with Crippen LogP contribution >= 0.6 is 11.8 Å². The first-order valence-electron chi connectivity index (χ1n) is 6.60. The lowest BCUT2D eigenvalue weighted by Gasteiger charge is -2.12. The number of aromatic nitrogens is 1. The van der Waals surface area contributed by atoms with Gasteiger partial charge in [0.25, 0.3) is 0 Å². The fourth-order valence-electron chi connectivity index (χ4n) is 1.62. The second-order valence-electron chi connectivity index (χ2n) is 5.70. The first-order valence-corrected chi connectivity index (χ1v) is 7.59. The number of nitrogens with zero attached hydrogens (tertiary/aromatic N) is 1. The number of thioether (sulfide) groups is 1. The number of carbonyl (C=O) groups excluding carboxylic acids is 1. The van der Waals surface area contributed by atoms with Crippen LogP contribution in [0.4, 0.5) is 11.6 Å². The molecule has 1 heterocycles. The van der Waals surface area contributed by atoms with E-state index in [1.54, 1.807) is 6.07 Å². The van der Waals surface area contributed by atoms with Crippen LogP contribution in [0.5, 0.6) is 0 Å². The van der Waals surface area contributed by atoms with Gasteiger partial charge in [0.1, 0.15) is 0 Å². The van der Waals surface area contributed by atoms with E-state index in [9.17, 15) is 4.79 Å². The predicted octanol–water partition coefficient (Wildman–Crippen LogP) is 3.29. The third-order valence-corrected chi connectivity index (χ3v) is 3.91. The lowest BCUT2D eigenvalue weighted by atomic mass is 9.92. The highest BCUT2D eigenvalue weighted by atomic mass is 32.2. The van der Waals surface area contributed by atoms with Crippen LogP contribution in [-0.4, -0.2) is 16.8 Å². The van der Waals surface area contributed by atoms with E-state index in [2.05, 4.69) is 10.5 Å². The number of carbonyl (C=O) groups is 1. The zero-order valence-corrected chi connectivity index (χ0v) is 13.2. The summed E-state index contributed by atoms with van der Waals surface area (Å²) in [4.78, 5) is 12.8. The molecule has 0 aliphatic rings. The van der Waals surface area contributed by atoms with Crippen molar-refractivity contribution in [3.63, 3.8) is 0 Å². The van der Waals surface area contributed by atoms with Crippen molar-refractivity contribution in [2.45, 2.75) is 31.1 Å². The van der Waals surface area contributed by atoms with Gasteiger partial charge < -0.3 is 10.3 Å². The number of hydrogen-bond donors (Lipinski definition) is 2. The Morgan fingerprint density at radius 3 is 2.71 bits per heavy atom. The molecule has 0 aliphatic heterocycles. The van der Waals surface area contributed by atoms with Gasteiger partial charge in [-0.15, -0.1) is 11.8 Å². The van der Waals surface area contributed by atoms with Crippen LogP contribution < -0.4 is 11.1 Å². The van der Waals surface area contributed by atoms with Crippen molar-refractivity contribution in [1.29, 1.82) is 0 Å². The minimum absolute atomic E-state index is 0.111. The molecule has 3 N–H and O–H groups in total. The van der Waals surface area contributed by atoms with Crippen molar-refractivity contribution < 1.29 is 9.32 Å². The number of anilines is 2. The molecule has 0 unspecified atom stereocenters. The number of rotatable bonds is 4. The van der Waals surface area contributed by atoms with E-state index in [4.69, 9.17) is 10.3 Å². The highest BCUT2D eigenvalue weighted by Crippen LogP contribution is 2.26. The molecule has 1 aromatic carbocycles. The maximum Gasteiger partial charge on any atom is 0.237 e. The van der Waals surface area contributed by atoms with Gasteiger partial charge in [0, 0.05) is 22.1 Å². The molecule has 0 saturated carbocycles. The number of para-hydroxylation sites is 1. The monoisotopic (exact) mass is 305 g/mol. The summed E-state index contributed by atoms with van der Waals surface area (Å²) in [6.45, 7) is 6.10. The zero-order valence-electron chi connectivity index (χ0n) is 12.3. The lowest BCUT2D eigenvalue weighted by molar-refractivity contribution is -0.113. The molecule has 0 spiro atoms. The molecule has 0 bridgehead atoms. The molecule has 2 aromatic rings. The van der Waals surface area contributed by atoms with Crippen LogP contribution in [0.25, 0.3) is 0 Å². The largest absolute Gasteiger partial charge is 0.398 e. The Morgan fingerprint density at radius 1 is 1.38 bits per heavy atom. The Bertz CT molecular complexity index is 632. The molecule has 21 heavy (non-hydrogen) atoms. The molecule has 0 atom stereocenters. The summed E-state index contributed by atoms with van der Waals surface area (Å²) in [5.41, 5.74) is 7.19. The summed E-state index contributed by atoms with van der Waals surface area (Å²) in [6, 6.07) is 9.20. The van der Waals surface area contributed by atoms with Crippen molar-refractivity contribution >= 4 is 29.2 Å². The lowest BCUT2D eigenvalue weighted by Crippen LogP contribution is -2.14. The molecule has 0 fully saturated rings. The van der Waals surface area contributed by atoms with Gasteiger partial charge in [0.2, 0.25) is 11.8 Å². The molecule has 0 saturated heterocycles. The second kappa shape index (κ2) is 6.22. The first-order chi connectivity index (χ1) is 9.86. The van der Waals surface area contributed by atoms with Crippen LogP contribution in [0.3, 0.4) is 0 Å². The van der Waals surface area contributed by atoms with Crippen LogP contribution in [0, 0.1) is 0 Å². The van der Waals surface area contributed by atoms with Crippen molar-refractivity contribution in [3.05, 3.63) is 36.0 Å². The maximum absolute atomic E-state index is 11.9. The highest BCUT2D eigenvalue weighted by Gasteiger charge is 2.19. The smallest absolute Gasteiger partial charge is 0.237 e. The second-order valence-corrected chi connectivity index (χ2v) is 6.72. The standard InChI is InChI=1S/C15H19N3O2S/c1-15(2,3)12-8-14(20-18-12)17-13(19)9-21-11-7-5-4-6-10(11)16/h4-8H,9,16H2,1-3H3,(H,17,19). The SMILES string of the molecule is CC(C)(C)c1cc(NC(=O)CSc2ccccc2N)on1. The van der Waals surface area contributed by atoms with Gasteiger partial charge in [-0.2, -0.15) is 0 Å². The van der Waals surface area contributed by atoms with Crippen molar-refractivity contribution in [2.75, 3.05) is 16.8 Å². The van der Waals surface area contributed by atoms with Gasteiger partial charge in [0.15, 0.2) is 0 Å². The molecular formula is C15H19N3O2S. The van der Waals surface area contributed by atoms with Gasteiger partial charge in [-0.1, -0.05) is 38.1 Å². The molecule has 1 aromatic heterocycles. The van der Waals surface area contributed by atoms with Gasteiger partial charge in [-0.3, -0.25) is 10.1 Å². The van der Waals surface area contributed by atoms with Gasteiger partial charge in [-0.25, -0.2) is 0 Å². The number of benzene rings is 1. The number of nitrogens with one attached hydrogen (secondary N) is 1. The quantitative estimate of drug-likeness (QED) is 0.669. The summed E-state index contributed by atoms with van der Waals surface area (Å²) >= 11 is 1.39. The van der Waals surface area contributed by atoms with Crippen LogP contribution in [0.15, 0.2) is 39.8 Å². The predicted molar refractivity (Wildman–Crippen MR) is 85.4 cm³/mol. The number of hydrogen-bond acceptors (Lipinski definition) is 5. The summed E-state index contributed by atoms with van der Waals surface area (Å²) in [7, 11) is 0. The molecule has 6 heteroatoms. The van der Waals surface area contributed by atoms with Gasteiger partial charge in [0.05, 0.1) is 11.4 Å². The average Bonchev–Trinajstić information content (AvgIpc) is 2.86. The van der Waals surface area contributed by atoms with Gasteiger partial charge in [-0.05, 0) is 12.1 Å². The molecule has 112 valence electrons. The Hall–Kier alpha value is -1.95. The van der Waals surface area contributed by atoms with E-state index < -0.39 is 0 Å². The normalized spacial score (nSPS) is 11.4. The summed E-state index contributed by atoms with van der Waals surface area (Å²) in [6.07, 6.45) is 0. The Kier molecular flexibility index (Phi) is 4.57. The number of nitrogens with two attached hydrogens (primary N) is 1. The van der Waals surface area contributed by atoms with Gasteiger partial charge >= 0.3 is 0 Å². The Morgan fingerprint density at radius 2 is 2.10 bits per heavy atom. The van der Waals surface area contributed by atoms with E-state index in [-0.39, 0.29) is 17.1 Å². The number of nitrogen functional groups attached to an aromatic ring is 1. The zero-order chi connectivity index (χ0) is 15.5. The third kappa shape index (κ3) is 4.26. The fraction of sp³-hybridized carbons (Fsp3) is 0.333. The van der Waals surface area contributed by atoms with Crippen molar-refractivity contribution in [1.82, 2.24) is 5.16 Å². The van der Waals surface area contributed by atoms with Crippen molar-refractivity contribution in [3.8, 4) is 0 Å². The summed E-state index contributed by atoms with van der Waals surface area (Å²) in [5, 5.41) is 6.65. The van der Waals surface area contributed by atoms with E-state index in [0.29, 0.717) is 11.6 Å². The average molecular weight is 305 g/mol. The minimum atomic E-state index is -0.153. The fourth-order valence-corrected chi connectivity index (χ4v) is 2.38. The van der Waals surface area contributed by atoms with Crippen LogP contribution in [0.1, 0.15) is 26.5 Å². The molecule has 0 radical (unpaired) electrons. The minimum Gasteiger partial charge on any atom is -0.398 e. The molecule has 2 rings (SSSR count). The van der Waals surface area contributed by atoms with Crippen molar-refractivity contribution in [2.24, 2.45) is 0 Å². The number of amides is 1. The Balaban J connectivity index is 1.90. The Labute approximate surface area is 128 Å². The van der Waals surface area contributed by atoms with E-state index in [1.807, 2.05) is 45.0 Å². The molecule has 5 nitrogen and oxygen atoms in total. The third-order valence-electron chi connectivity index (χ3n) is 2.82. The molecule has 1 amide bonds. The van der Waals surface area contributed by atoms with E-state index in [1.165, 1.54) is 11.8 Å². The topological polar surface area (TPSA) is 81.2 Å². The van der Waals surface area contributed by atoms with Crippen LogP contribution in [0.2, 0.25) is 0 Å². The van der Waals surface area contributed by atoms with Crippen LogP contribution in [-0.2, 0) is 10.2 Å². The first kappa shape index (κ1) is 15.4. The highest BCUT2D eigenvalue weighted by molar-refractivity contribution is 8.00. The maximum atomic E-state index is 11.9. The van der Waals surface area contributed by atoms with E-state index >= 15 is 0 Å². The molecule has 0 aliphatic carbocycles. The summed E-state index contributed by atoms with van der Waals surface area (Å²) < 4.78 is 5.12. The van der Waals surface area contributed by atoms with E-state index in [0.717, 1.165) is 10.6 Å². The molecular weight excluding hydrogens is 286 g/mol.